The van der Waals surface area contributed by atoms with E-state index in [9.17, 15) is 14.7 Å². The van der Waals surface area contributed by atoms with Crippen LogP contribution in [0.5, 0.6) is 0 Å². The van der Waals surface area contributed by atoms with E-state index in [0.717, 1.165) is 5.56 Å². The fourth-order valence-electron chi connectivity index (χ4n) is 4.17. The first-order chi connectivity index (χ1) is 17.4. The summed E-state index contributed by atoms with van der Waals surface area (Å²) in [6.45, 7) is 4.05. The molecule has 3 heterocycles. The van der Waals surface area contributed by atoms with E-state index in [1.807, 2.05) is 30.3 Å². The largest absolute Gasteiger partial charge is 0.465 e. The number of fused-ring (bicyclic) bond motifs is 1. The second-order valence-corrected chi connectivity index (χ2v) is 8.88. The van der Waals surface area contributed by atoms with Crippen molar-refractivity contribution in [2.24, 2.45) is 17.0 Å². The van der Waals surface area contributed by atoms with E-state index in [0.29, 0.717) is 23.4 Å². The topological polar surface area (TPSA) is 171 Å². The maximum absolute atomic E-state index is 12.2. The highest BCUT2D eigenvalue weighted by Gasteiger charge is 2.38. The number of carboxylic acid groups (broad SMARTS) is 1. The summed E-state index contributed by atoms with van der Waals surface area (Å²) in [6, 6.07) is 9.33. The van der Waals surface area contributed by atoms with Crippen LogP contribution in [0, 0.1) is 11.8 Å². The maximum atomic E-state index is 12.2. The molecule has 1 saturated heterocycles. The van der Waals surface area contributed by atoms with Gasteiger partial charge in [0.05, 0.1) is 19.0 Å². The molecule has 1 aromatic carbocycles. The summed E-state index contributed by atoms with van der Waals surface area (Å²) in [5, 5.41) is 16.3. The van der Waals surface area contributed by atoms with Gasteiger partial charge >= 0.3 is 6.09 Å². The molecule has 3 aromatic rings. The number of nitrogens with one attached hydrogen (secondary N) is 1. The van der Waals surface area contributed by atoms with Crippen LogP contribution in [-0.4, -0.2) is 60.7 Å². The predicted molar refractivity (Wildman–Crippen MR) is 130 cm³/mol. The number of hydrogen-bond donors (Lipinski definition) is 2. The van der Waals surface area contributed by atoms with Crippen LogP contribution in [0.15, 0.2) is 48.1 Å². The van der Waals surface area contributed by atoms with Crippen LogP contribution in [-0.2, 0) is 16.1 Å². The van der Waals surface area contributed by atoms with Gasteiger partial charge in [-0.05, 0) is 17.5 Å². The van der Waals surface area contributed by atoms with Crippen LogP contribution in [0.25, 0.3) is 21.6 Å². The first-order valence-corrected chi connectivity index (χ1v) is 11.5. The van der Waals surface area contributed by atoms with E-state index in [2.05, 4.69) is 30.3 Å². The Kier molecular flexibility index (Phi) is 7.62. The van der Waals surface area contributed by atoms with Gasteiger partial charge in [-0.1, -0.05) is 49.3 Å². The Bertz CT molecular complexity index is 1270. The van der Waals surface area contributed by atoms with Crippen molar-refractivity contribution < 1.29 is 19.4 Å². The summed E-state index contributed by atoms with van der Waals surface area (Å²) in [6.07, 6.45) is 1.29. The molecule has 0 unspecified atom stereocenters. The number of nitrogens with zero attached hydrogens (tertiary/aromatic N) is 8. The molecule has 3 atom stereocenters. The normalized spacial score (nSPS) is 19.2. The van der Waals surface area contributed by atoms with Gasteiger partial charge in [0.25, 0.3) is 0 Å². The highest BCUT2D eigenvalue weighted by molar-refractivity contribution is 5.97. The van der Waals surface area contributed by atoms with Gasteiger partial charge in [-0.25, -0.2) is 19.7 Å². The summed E-state index contributed by atoms with van der Waals surface area (Å²) in [5.74, 6) is -0.355. The van der Waals surface area contributed by atoms with Crippen LogP contribution in [0.3, 0.4) is 0 Å². The van der Waals surface area contributed by atoms with Crippen molar-refractivity contribution in [1.29, 1.82) is 0 Å². The van der Waals surface area contributed by atoms with E-state index >= 15 is 0 Å². The third-order valence-corrected chi connectivity index (χ3v) is 6.06. The number of hydrogen-bond acceptors (Lipinski definition) is 7. The second kappa shape index (κ2) is 11.0. The van der Waals surface area contributed by atoms with Crippen molar-refractivity contribution in [2.45, 2.75) is 39.1 Å². The number of aromatic nitrogens is 4. The number of ether oxygens (including phenoxy) is 1. The molecule has 2 amide bonds. The zero-order valence-corrected chi connectivity index (χ0v) is 19.9. The predicted octanol–water partition coefficient (Wildman–Crippen LogP) is 3.82. The smallest absolute Gasteiger partial charge is 0.407 e. The van der Waals surface area contributed by atoms with Crippen molar-refractivity contribution in [3.8, 4) is 0 Å². The van der Waals surface area contributed by atoms with Gasteiger partial charge in [-0.3, -0.25) is 9.36 Å². The standard InChI is InChI=1S/C23H27N9O4/c1-14(2)22(33)29-20-19-21(26-12-25-20)32(13-27-19)18-8-16(17(36-18)9-28-30-24)11-31(23(34)35)10-15-6-4-3-5-7-15/h3-7,12-14,16-18H,8-11H2,1-2H3,(H,34,35)(H,25,26,29,33)/t16-,17-,18-/m1/s1. The molecule has 0 radical (unpaired) electrons. The number of rotatable bonds is 9. The van der Waals surface area contributed by atoms with Gasteiger partial charge in [0.15, 0.2) is 17.0 Å². The van der Waals surface area contributed by atoms with Gasteiger partial charge in [0.2, 0.25) is 5.91 Å². The molecular formula is C23H27N9O4. The molecule has 188 valence electrons. The average Bonchev–Trinajstić information content (AvgIpc) is 3.47. The van der Waals surface area contributed by atoms with Crippen LogP contribution in [0.1, 0.15) is 32.1 Å². The summed E-state index contributed by atoms with van der Waals surface area (Å²) in [7, 11) is 0. The minimum Gasteiger partial charge on any atom is -0.465 e. The molecule has 13 nitrogen and oxygen atoms in total. The van der Waals surface area contributed by atoms with E-state index in [-0.39, 0.29) is 37.4 Å². The zero-order chi connectivity index (χ0) is 25.7. The average molecular weight is 494 g/mol. The van der Waals surface area contributed by atoms with E-state index in [1.54, 1.807) is 24.7 Å². The monoisotopic (exact) mass is 493 g/mol. The van der Waals surface area contributed by atoms with Gasteiger partial charge in [-0.15, -0.1) is 0 Å². The fourth-order valence-corrected chi connectivity index (χ4v) is 4.17. The Morgan fingerprint density at radius 3 is 2.78 bits per heavy atom. The molecular weight excluding hydrogens is 466 g/mol. The maximum Gasteiger partial charge on any atom is 0.407 e. The number of amides is 2. The number of benzene rings is 1. The summed E-state index contributed by atoms with van der Waals surface area (Å²) >= 11 is 0. The molecule has 36 heavy (non-hydrogen) atoms. The summed E-state index contributed by atoms with van der Waals surface area (Å²) in [5.41, 5.74) is 10.6. The van der Waals surface area contributed by atoms with Crippen molar-refractivity contribution >= 4 is 29.0 Å². The third-order valence-electron chi connectivity index (χ3n) is 6.06. The molecule has 2 aromatic heterocycles. The van der Waals surface area contributed by atoms with E-state index in [4.69, 9.17) is 10.3 Å². The lowest BCUT2D eigenvalue weighted by atomic mass is 9.99. The number of azide groups is 1. The number of carbonyl (C=O) groups excluding carboxylic acids is 1. The van der Waals surface area contributed by atoms with Crippen LogP contribution < -0.4 is 5.32 Å². The minimum atomic E-state index is -1.05. The van der Waals surface area contributed by atoms with Crippen LogP contribution in [0.2, 0.25) is 0 Å². The fraction of sp³-hybridized carbons (Fsp3) is 0.435. The van der Waals surface area contributed by atoms with Crippen LogP contribution >= 0.6 is 0 Å². The SMILES string of the molecule is CC(C)C(=O)Nc1ncnc2c1ncn2[C@H]1C[C@H](CN(Cc2ccccc2)C(=O)O)[C@@H](CN=[N+]=[N-])O1. The molecule has 0 bridgehead atoms. The lowest BCUT2D eigenvalue weighted by Crippen LogP contribution is -2.37. The molecule has 0 saturated carbocycles. The second-order valence-electron chi connectivity index (χ2n) is 8.88. The highest BCUT2D eigenvalue weighted by atomic mass is 16.5. The van der Waals surface area contributed by atoms with Crippen molar-refractivity contribution in [3.05, 3.63) is 59.0 Å². The lowest BCUT2D eigenvalue weighted by molar-refractivity contribution is -0.118. The van der Waals surface area contributed by atoms with E-state index in [1.165, 1.54) is 11.2 Å². The third kappa shape index (κ3) is 5.53. The number of anilines is 1. The highest BCUT2D eigenvalue weighted by Crippen LogP contribution is 2.36. The van der Waals surface area contributed by atoms with Gasteiger partial charge < -0.3 is 20.1 Å². The van der Waals surface area contributed by atoms with Crippen LogP contribution in [0.4, 0.5) is 10.6 Å². The first-order valence-electron chi connectivity index (χ1n) is 11.5. The van der Waals surface area contributed by atoms with Gasteiger partial charge in [0, 0.05) is 29.8 Å². The number of imidazole rings is 1. The molecule has 2 N–H and O–H groups in total. The molecule has 13 heteroatoms. The minimum absolute atomic E-state index is 0.0633. The molecule has 0 spiro atoms. The molecule has 0 aliphatic carbocycles. The first kappa shape index (κ1) is 24.9. The molecule has 1 fully saturated rings. The Morgan fingerprint density at radius 1 is 1.31 bits per heavy atom. The van der Waals surface area contributed by atoms with Gasteiger partial charge in [0.1, 0.15) is 12.6 Å². The summed E-state index contributed by atoms with van der Waals surface area (Å²) in [4.78, 5) is 41.2. The lowest BCUT2D eigenvalue weighted by Gasteiger charge is -2.25. The Morgan fingerprint density at radius 2 is 2.08 bits per heavy atom. The molecule has 4 rings (SSSR count). The van der Waals surface area contributed by atoms with Crippen molar-refractivity contribution in [1.82, 2.24) is 24.4 Å². The molecule has 1 aliphatic rings. The van der Waals surface area contributed by atoms with Gasteiger partial charge in [-0.2, -0.15) is 0 Å². The summed E-state index contributed by atoms with van der Waals surface area (Å²) < 4.78 is 7.94. The Labute approximate surface area is 206 Å². The molecule has 1 aliphatic heterocycles. The van der Waals surface area contributed by atoms with E-state index < -0.39 is 18.4 Å². The zero-order valence-electron chi connectivity index (χ0n) is 19.9. The number of carbonyl (C=O) groups is 2. The Hall–Kier alpha value is -4.22. The van der Waals surface area contributed by atoms with Crippen molar-refractivity contribution in [3.63, 3.8) is 0 Å². The Balaban J connectivity index is 1.57. The van der Waals surface area contributed by atoms with Crippen molar-refractivity contribution in [2.75, 3.05) is 18.4 Å². The quantitative estimate of drug-likeness (QED) is 0.259.